The first-order valence-electron chi connectivity index (χ1n) is 7.27. The number of hydrogen-bond donors (Lipinski definition) is 2. The monoisotopic (exact) mass is 303 g/mol. The van der Waals surface area contributed by atoms with E-state index in [9.17, 15) is 5.11 Å². The van der Waals surface area contributed by atoms with Crippen LogP contribution in [0.4, 0.5) is 0 Å². The normalized spacial score (nSPS) is 13.9. The van der Waals surface area contributed by atoms with Crippen molar-refractivity contribution in [2.45, 2.75) is 32.4 Å². The predicted molar refractivity (Wildman–Crippen MR) is 88.8 cm³/mol. The second-order valence-electron chi connectivity index (χ2n) is 5.51. The molecule has 2 rings (SSSR count). The average Bonchev–Trinajstić information content (AvgIpc) is 2.48. The molecular weight excluding hydrogens is 282 g/mol. The molecule has 2 unspecified atom stereocenters. The van der Waals surface area contributed by atoms with Gasteiger partial charge in [-0.25, -0.2) is 0 Å². The molecule has 2 aromatic carbocycles. The van der Waals surface area contributed by atoms with Crippen LogP contribution >= 0.6 is 11.6 Å². The van der Waals surface area contributed by atoms with E-state index in [4.69, 9.17) is 11.6 Å². The maximum Gasteiger partial charge on any atom is 0.0914 e. The summed E-state index contributed by atoms with van der Waals surface area (Å²) in [5.41, 5.74) is 3.54. The van der Waals surface area contributed by atoms with Crippen molar-refractivity contribution in [3.63, 3.8) is 0 Å². The molecule has 0 fully saturated rings. The lowest BCUT2D eigenvalue weighted by Gasteiger charge is -2.18. The van der Waals surface area contributed by atoms with Gasteiger partial charge in [-0.3, -0.25) is 0 Å². The molecule has 2 N–H and O–H groups in total. The highest BCUT2D eigenvalue weighted by Gasteiger charge is 2.10. The van der Waals surface area contributed by atoms with Crippen molar-refractivity contribution in [3.05, 3.63) is 70.2 Å². The minimum Gasteiger partial charge on any atom is -0.387 e. The highest BCUT2D eigenvalue weighted by atomic mass is 35.5. The Balaban J connectivity index is 1.85. The molecule has 0 amide bonds. The molecule has 0 heterocycles. The number of benzene rings is 2. The van der Waals surface area contributed by atoms with Crippen LogP contribution in [-0.2, 0) is 6.42 Å². The standard InChI is InChI=1S/C18H22ClNO/c1-13-5-3-4-6-16(13)11-14(2)20-12-18(21)15-7-9-17(19)10-8-15/h3-10,14,18,20-21H,11-12H2,1-2H3. The van der Waals surface area contributed by atoms with Gasteiger partial charge in [-0.1, -0.05) is 48.0 Å². The molecule has 0 spiro atoms. The van der Waals surface area contributed by atoms with Gasteiger partial charge in [0.1, 0.15) is 0 Å². The summed E-state index contributed by atoms with van der Waals surface area (Å²) in [6.07, 6.45) is 0.446. The van der Waals surface area contributed by atoms with Gasteiger partial charge in [-0.05, 0) is 49.1 Å². The molecule has 0 aliphatic carbocycles. The van der Waals surface area contributed by atoms with Crippen LogP contribution in [0.25, 0.3) is 0 Å². The van der Waals surface area contributed by atoms with Crippen LogP contribution in [-0.4, -0.2) is 17.7 Å². The van der Waals surface area contributed by atoms with Gasteiger partial charge in [0.2, 0.25) is 0 Å². The number of nitrogens with one attached hydrogen (secondary N) is 1. The summed E-state index contributed by atoms with van der Waals surface area (Å²) in [5, 5.41) is 14.3. The lowest BCUT2D eigenvalue weighted by Crippen LogP contribution is -2.32. The molecular formula is C18H22ClNO. The molecule has 2 nitrogen and oxygen atoms in total. The molecule has 0 aromatic heterocycles. The van der Waals surface area contributed by atoms with E-state index < -0.39 is 6.10 Å². The summed E-state index contributed by atoms with van der Waals surface area (Å²) in [6.45, 7) is 4.81. The highest BCUT2D eigenvalue weighted by Crippen LogP contribution is 2.16. The fraction of sp³-hybridized carbons (Fsp3) is 0.333. The fourth-order valence-electron chi connectivity index (χ4n) is 2.36. The zero-order valence-electron chi connectivity index (χ0n) is 12.5. The third-order valence-corrected chi connectivity index (χ3v) is 3.95. The van der Waals surface area contributed by atoms with Gasteiger partial charge in [0.25, 0.3) is 0 Å². The van der Waals surface area contributed by atoms with Crippen LogP contribution < -0.4 is 5.32 Å². The van der Waals surface area contributed by atoms with Gasteiger partial charge in [-0.15, -0.1) is 0 Å². The van der Waals surface area contributed by atoms with E-state index in [2.05, 4.69) is 43.4 Å². The molecule has 2 atom stereocenters. The lowest BCUT2D eigenvalue weighted by atomic mass is 10.0. The molecule has 112 valence electrons. The van der Waals surface area contributed by atoms with Gasteiger partial charge in [-0.2, -0.15) is 0 Å². The molecule has 21 heavy (non-hydrogen) atoms. The van der Waals surface area contributed by atoms with E-state index in [1.807, 2.05) is 12.1 Å². The van der Waals surface area contributed by atoms with Crippen molar-refractivity contribution in [1.29, 1.82) is 0 Å². The van der Waals surface area contributed by atoms with E-state index in [-0.39, 0.29) is 0 Å². The predicted octanol–water partition coefficient (Wildman–Crippen LogP) is 3.90. The molecule has 0 saturated heterocycles. The number of aryl methyl sites for hydroxylation is 1. The molecule has 2 aromatic rings. The molecule has 0 aliphatic rings. The maximum absolute atomic E-state index is 10.2. The summed E-state index contributed by atoms with van der Waals surface area (Å²) in [6, 6.07) is 16.1. The Morgan fingerprint density at radius 1 is 1.10 bits per heavy atom. The lowest BCUT2D eigenvalue weighted by molar-refractivity contribution is 0.170. The summed E-state index contributed by atoms with van der Waals surface area (Å²) >= 11 is 5.85. The van der Waals surface area contributed by atoms with Crippen LogP contribution in [0, 0.1) is 6.92 Å². The zero-order chi connectivity index (χ0) is 15.2. The Morgan fingerprint density at radius 3 is 2.43 bits per heavy atom. The van der Waals surface area contributed by atoms with Crippen LogP contribution in [0.5, 0.6) is 0 Å². The largest absolute Gasteiger partial charge is 0.387 e. The van der Waals surface area contributed by atoms with Gasteiger partial charge in [0.05, 0.1) is 6.10 Å². The van der Waals surface area contributed by atoms with Crippen molar-refractivity contribution < 1.29 is 5.11 Å². The Morgan fingerprint density at radius 2 is 1.76 bits per heavy atom. The van der Waals surface area contributed by atoms with Crippen LogP contribution in [0.1, 0.15) is 29.7 Å². The third-order valence-electron chi connectivity index (χ3n) is 3.70. The Kier molecular flexibility index (Phi) is 5.80. The molecule has 0 aliphatic heterocycles. The second kappa shape index (κ2) is 7.60. The topological polar surface area (TPSA) is 32.3 Å². The summed E-state index contributed by atoms with van der Waals surface area (Å²) in [5.74, 6) is 0. The van der Waals surface area contributed by atoms with Gasteiger partial charge in [0, 0.05) is 17.6 Å². The molecule has 3 heteroatoms. The first-order chi connectivity index (χ1) is 10.1. The summed E-state index contributed by atoms with van der Waals surface area (Å²) in [7, 11) is 0. The zero-order valence-corrected chi connectivity index (χ0v) is 13.3. The van der Waals surface area contributed by atoms with E-state index in [0.717, 1.165) is 12.0 Å². The van der Waals surface area contributed by atoms with E-state index in [1.165, 1.54) is 11.1 Å². The average molecular weight is 304 g/mol. The van der Waals surface area contributed by atoms with Gasteiger partial charge in [0.15, 0.2) is 0 Å². The quantitative estimate of drug-likeness (QED) is 0.848. The van der Waals surface area contributed by atoms with Crippen LogP contribution in [0.3, 0.4) is 0 Å². The van der Waals surface area contributed by atoms with Gasteiger partial charge < -0.3 is 10.4 Å². The fourth-order valence-corrected chi connectivity index (χ4v) is 2.48. The third kappa shape index (κ3) is 4.85. The number of rotatable bonds is 6. The number of halogens is 1. The van der Waals surface area contributed by atoms with Crippen molar-refractivity contribution in [1.82, 2.24) is 5.32 Å². The minimum absolute atomic E-state index is 0.313. The Labute approximate surface area is 131 Å². The van der Waals surface area contributed by atoms with Crippen molar-refractivity contribution >= 4 is 11.6 Å². The van der Waals surface area contributed by atoms with Crippen molar-refractivity contribution in [3.8, 4) is 0 Å². The van der Waals surface area contributed by atoms with Crippen LogP contribution in [0.2, 0.25) is 5.02 Å². The Bertz CT molecular complexity index is 568. The number of aliphatic hydroxyl groups is 1. The first-order valence-corrected chi connectivity index (χ1v) is 7.65. The van der Waals surface area contributed by atoms with Crippen LogP contribution in [0.15, 0.2) is 48.5 Å². The molecule has 0 bridgehead atoms. The minimum atomic E-state index is -0.512. The van der Waals surface area contributed by atoms with Gasteiger partial charge >= 0.3 is 0 Å². The van der Waals surface area contributed by atoms with Crippen molar-refractivity contribution in [2.24, 2.45) is 0 Å². The number of hydrogen-bond acceptors (Lipinski definition) is 2. The summed E-state index contributed by atoms with van der Waals surface area (Å²) < 4.78 is 0. The van der Waals surface area contributed by atoms with Crippen molar-refractivity contribution in [2.75, 3.05) is 6.54 Å². The summed E-state index contributed by atoms with van der Waals surface area (Å²) in [4.78, 5) is 0. The van der Waals surface area contributed by atoms with E-state index >= 15 is 0 Å². The molecule has 0 saturated carbocycles. The smallest absolute Gasteiger partial charge is 0.0914 e. The van der Waals surface area contributed by atoms with E-state index in [0.29, 0.717) is 17.6 Å². The molecule has 0 radical (unpaired) electrons. The Hall–Kier alpha value is -1.35. The highest BCUT2D eigenvalue weighted by molar-refractivity contribution is 6.30. The first kappa shape index (κ1) is 16.0. The SMILES string of the molecule is Cc1ccccc1CC(C)NCC(O)c1ccc(Cl)cc1. The maximum atomic E-state index is 10.2. The number of aliphatic hydroxyl groups excluding tert-OH is 1. The van der Waals surface area contributed by atoms with E-state index in [1.54, 1.807) is 12.1 Å². The second-order valence-corrected chi connectivity index (χ2v) is 5.94.